The molecule has 0 aliphatic carbocycles. The van der Waals surface area contributed by atoms with Crippen molar-refractivity contribution in [3.8, 4) is 28.5 Å². The molecule has 0 spiro atoms. The fraction of sp³-hybridized carbons (Fsp3) is 0.0952. The summed E-state index contributed by atoms with van der Waals surface area (Å²) in [7, 11) is 0. The van der Waals surface area contributed by atoms with Gasteiger partial charge < -0.3 is 4.74 Å². The molecule has 0 aliphatic heterocycles. The molecule has 4 rings (SSSR count). The number of fused-ring (bicyclic) bond motifs is 1. The number of nitrogens with zero attached hydrogens (tertiary/aromatic N) is 3. The minimum Gasteiger partial charge on any atom is -0.406 e. The van der Waals surface area contributed by atoms with Gasteiger partial charge >= 0.3 is 6.36 Å². The minimum absolute atomic E-state index is 0.282. The normalized spacial score (nSPS) is 11.6. The second-order valence-electron chi connectivity index (χ2n) is 6.15. The highest BCUT2D eigenvalue weighted by atomic mass is 19.4. The number of hydrogen-bond acceptors (Lipinski definition) is 4. The zero-order valence-electron chi connectivity index (χ0n) is 14.7. The Morgan fingerprint density at radius 1 is 0.786 bits per heavy atom. The number of pyridine rings is 1. The van der Waals surface area contributed by atoms with Crippen LogP contribution in [0.1, 0.15) is 5.69 Å². The van der Waals surface area contributed by atoms with Crippen molar-refractivity contribution < 1.29 is 17.9 Å². The number of halogens is 3. The van der Waals surface area contributed by atoms with Crippen LogP contribution in [-0.2, 0) is 0 Å². The largest absolute Gasteiger partial charge is 0.573 e. The van der Waals surface area contributed by atoms with Gasteiger partial charge in [0.15, 0.2) is 5.82 Å². The quantitative estimate of drug-likeness (QED) is 0.466. The fourth-order valence-electron chi connectivity index (χ4n) is 2.89. The average Bonchev–Trinajstić information content (AvgIpc) is 2.66. The second kappa shape index (κ2) is 6.92. The summed E-state index contributed by atoms with van der Waals surface area (Å²) < 4.78 is 41.1. The molecule has 0 radical (unpaired) electrons. The lowest BCUT2D eigenvalue weighted by atomic mass is 10.1. The van der Waals surface area contributed by atoms with Crippen molar-refractivity contribution in [1.29, 1.82) is 0 Å². The fourth-order valence-corrected chi connectivity index (χ4v) is 2.89. The van der Waals surface area contributed by atoms with Crippen LogP contribution in [0.3, 0.4) is 0 Å². The highest BCUT2D eigenvalue weighted by molar-refractivity contribution is 5.93. The highest BCUT2D eigenvalue weighted by Gasteiger charge is 2.31. The first-order valence-corrected chi connectivity index (χ1v) is 8.46. The lowest BCUT2D eigenvalue weighted by Crippen LogP contribution is -2.16. The maximum Gasteiger partial charge on any atom is 0.573 e. The van der Waals surface area contributed by atoms with Gasteiger partial charge in [0.2, 0.25) is 0 Å². The summed E-state index contributed by atoms with van der Waals surface area (Å²) in [5.74, 6) is 0.170. The molecule has 2 aromatic heterocycles. The van der Waals surface area contributed by atoms with E-state index < -0.39 is 6.36 Å². The number of hydrogen-bond donors (Lipinski definition) is 0. The van der Waals surface area contributed by atoms with Crippen LogP contribution in [0.2, 0.25) is 0 Å². The molecule has 0 fully saturated rings. The van der Waals surface area contributed by atoms with E-state index in [1.165, 1.54) is 12.1 Å². The van der Waals surface area contributed by atoms with Gasteiger partial charge in [0, 0.05) is 16.6 Å². The van der Waals surface area contributed by atoms with Gasteiger partial charge in [-0.15, -0.1) is 13.2 Å². The molecule has 0 saturated heterocycles. The van der Waals surface area contributed by atoms with Crippen LogP contribution in [0.25, 0.3) is 33.7 Å². The zero-order chi connectivity index (χ0) is 19.7. The van der Waals surface area contributed by atoms with Crippen LogP contribution in [0.5, 0.6) is 5.75 Å². The van der Waals surface area contributed by atoms with Gasteiger partial charge in [-0.05, 0) is 49.4 Å². The van der Waals surface area contributed by atoms with Crippen LogP contribution in [0.4, 0.5) is 13.2 Å². The van der Waals surface area contributed by atoms with Gasteiger partial charge in [-0.2, -0.15) is 0 Å². The van der Waals surface area contributed by atoms with E-state index in [2.05, 4.69) is 19.7 Å². The first-order chi connectivity index (χ1) is 13.4. The molecule has 0 bridgehead atoms. The molecule has 0 atom stereocenters. The predicted octanol–water partition coefficient (Wildman–Crippen LogP) is 5.57. The molecule has 0 unspecified atom stereocenters. The lowest BCUT2D eigenvalue weighted by molar-refractivity contribution is -0.274. The monoisotopic (exact) mass is 381 g/mol. The average molecular weight is 381 g/mol. The maximum atomic E-state index is 12.4. The predicted molar refractivity (Wildman–Crippen MR) is 99.6 cm³/mol. The summed E-state index contributed by atoms with van der Waals surface area (Å²) >= 11 is 0. The Balaban J connectivity index is 1.84. The third-order valence-corrected chi connectivity index (χ3v) is 4.08. The van der Waals surface area contributed by atoms with Crippen molar-refractivity contribution >= 4 is 10.9 Å². The molecular weight excluding hydrogens is 367 g/mol. The molecule has 4 aromatic rings. The van der Waals surface area contributed by atoms with E-state index in [1.54, 1.807) is 12.1 Å². The number of benzene rings is 2. The molecule has 28 heavy (non-hydrogen) atoms. The summed E-state index contributed by atoms with van der Waals surface area (Å²) in [5.41, 5.74) is 3.46. The van der Waals surface area contributed by atoms with Crippen LogP contribution >= 0.6 is 0 Å². The lowest BCUT2D eigenvalue weighted by Gasteiger charge is -2.11. The molecule has 2 heterocycles. The molecule has 140 valence electrons. The van der Waals surface area contributed by atoms with E-state index in [9.17, 15) is 13.2 Å². The van der Waals surface area contributed by atoms with Crippen molar-refractivity contribution in [2.75, 3.05) is 0 Å². The Kier molecular flexibility index (Phi) is 4.43. The molecule has 7 heteroatoms. The van der Waals surface area contributed by atoms with E-state index >= 15 is 0 Å². The summed E-state index contributed by atoms with van der Waals surface area (Å²) in [5, 5.41) is 0.795. The molecule has 0 aliphatic rings. The maximum absolute atomic E-state index is 12.4. The molecule has 0 amide bonds. The summed E-state index contributed by atoms with van der Waals surface area (Å²) in [4.78, 5) is 13.7. The zero-order valence-corrected chi connectivity index (χ0v) is 14.7. The number of alkyl halides is 3. The minimum atomic E-state index is -4.73. The number of ether oxygens (including phenoxy) is 1. The third-order valence-electron chi connectivity index (χ3n) is 4.08. The highest BCUT2D eigenvalue weighted by Crippen LogP contribution is 2.31. The first kappa shape index (κ1) is 17.9. The van der Waals surface area contributed by atoms with Gasteiger partial charge in [0.1, 0.15) is 11.4 Å². The topological polar surface area (TPSA) is 47.9 Å². The van der Waals surface area contributed by atoms with Gasteiger partial charge in [-0.1, -0.05) is 24.3 Å². The molecule has 2 aromatic carbocycles. The van der Waals surface area contributed by atoms with Crippen LogP contribution in [0.15, 0.2) is 66.7 Å². The Morgan fingerprint density at radius 3 is 2.25 bits per heavy atom. The van der Waals surface area contributed by atoms with E-state index in [4.69, 9.17) is 0 Å². The van der Waals surface area contributed by atoms with Gasteiger partial charge in [0.05, 0.1) is 11.2 Å². The Labute approximate surface area is 158 Å². The smallest absolute Gasteiger partial charge is 0.406 e. The van der Waals surface area contributed by atoms with Crippen LogP contribution < -0.4 is 4.74 Å². The Bertz CT molecular complexity index is 1140. The van der Waals surface area contributed by atoms with Gasteiger partial charge in [0.25, 0.3) is 0 Å². The molecule has 0 saturated carbocycles. The van der Waals surface area contributed by atoms with Crippen molar-refractivity contribution in [3.63, 3.8) is 0 Å². The Hall–Kier alpha value is -3.48. The Morgan fingerprint density at radius 2 is 1.54 bits per heavy atom. The van der Waals surface area contributed by atoms with E-state index in [1.807, 2.05) is 49.4 Å². The van der Waals surface area contributed by atoms with Crippen LogP contribution in [-0.4, -0.2) is 21.3 Å². The van der Waals surface area contributed by atoms with E-state index in [0.29, 0.717) is 22.8 Å². The van der Waals surface area contributed by atoms with Gasteiger partial charge in [-0.3, -0.25) is 0 Å². The standard InChI is InChI=1S/C21H14F3N3O/c1-13-5-4-8-18(25-13)20-26-17-7-3-2-6-16(17)19(27-20)14-9-11-15(12-10-14)28-21(22,23)24/h2-12H,1H3. The van der Waals surface area contributed by atoms with Crippen molar-refractivity contribution in [2.24, 2.45) is 0 Å². The number of rotatable bonds is 3. The SMILES string of the molecule is Cc1cccc(-c2nc(-c3ccc(OC(F)(F)F)cc3)c3ccccc3n2)n1. The number of para-hydroxylation sites is 1. The summed E-state index contributed by atoms with van der Waals surface area (Å²) in [6, 6.07) is 18.7. The third kappa shape index (κ3) is 3.78. The van der Waals surface area contributed by atoms with Gasteiger partial charge in [-0.25, -0.2) is 15.0 Å². The van der Waals surface area contributed by atoms with Crippen molar-refractivity contribution in [1.82, 2.24) is 15.0 Å². The van der Waals surface area contributed by atoms with Crippen molar-refractivity contribution in [3.05, 3.63) is 72.4 Å². The van der Waals surface area contributed by atoms with E-state index in [-0.39, 0.29) is 5.75 Å². The van der Waals surface area contributed by atoms with Crippen LogP contribution in [0, 0.1) is 6.92 Å². The number of aromatic nitrogens is 3. The first-order valence-electron chi connectivity index (χ1n) is 8.46. The number of aryl methyl sites for hydroxylation is 1. The molecular formula is C21H14F3N3O. The van der Waals surface area contributed by atoms with E-state index in [0.717, 1.165) is 16.6 Å². The van der Waals surface area contributed by atoms with Crippen molar-refractivity contribution in [2.45, 2.75) is 13.3 Å². The summed E-state index contributed by atoms with van der Waals surface area (Å²) in [6.07, 6.45) is -4.73. The molecule has 4 nitrogen and oxygen atoms in total. The molecule has 0 N–H and O–H groups in total. The second-order valence-corrected chi connectivity index (χ2v) is 6.15. The summed E-state index contributed by atoms with van der Waals surface area (Å²) in [6.45, 7) is 1.88.